The van der Waals surface area contributed by atoms with E-state index < -0.39 is 10.0 Å². The highest BCUT2D eigenvalue weighted by Crippen LogP contribution is 2.16. The molecule has 1 aliphatic rings. The van der Waals surface area contributed by atoms with Gasteiger partial charge in [-0.3, -0.25) is 4.79 Å². The summed E-state index contributed by atoms with van der Waals surface area (Å²) in [5.41, 5.74) is 1.17. The number of carbonyl (C=O) groups excluding carboxylic acids is 1. The van der Waals surface area contributed by atoms with Gasteiger partial charge in [-0.1, -0.05) is 12.1 Å². The number of rotatable bonds is 6. The van der Waals surface area contributed by atoms with E-state index in [1.54, 1.807) is 18.2 Å². The Morgan fingerprint density at radius 1 is 1.08 bits per heavy atom. The summed E-state index contributed by atoms with van der Waals surface area (Å²) < 4.78 is 22.4. The lowest BCUT2D eigenvalue weighted by atomic mass is 10.1. The topological polar surface area (TPSA) is 118 Å². The number of hydrogen-bond donors (Lipinski definition) is 2. The minimum Gasteiger partial charge on any atom is -0.355 e. The molecule has 2 heterocycles. The molecule has 1 aromatic carbocycles. The third kappa shape index (κ3) is 4.55. The predicted molar refractivity (Wildman–Crippen MR) is 97.3 cm³/mol. The van der Waals surface area contributed by atoms with E-state index in [4.69, 9.17) is 5.14 Å². The number of aromatic nitrogens is 2. The Hall–Kier alpha value is -2.52. The second kappa shape index (κ2) is 7.79. The minimum absolute atomic E-state index is 0.0682. The summed E-state index contributed by atoms with van der Waals surface area (Å²) >= 11 is 0. The van der Waals surface area contributed by atoms with Crippen molar-refractivity contribution in [1.29, 1.82) is 0 Å². The number of sulfonamides is 1. The Morgan fingerprint density at radius 2 is 1.77 bits per heavy atom. The van der Waals surface area contributed by atoms with Gasteiger partial charge in [0.15, 0.2) is 11.5 Å². The van der Waals surface area contributed by atoms with Gasteiger partial charge in [-0.15, -0.1) is 10.2 Å². The van der Waals surface area contributed by atoms with Crippen molar-refractivity contribution in [2.45, 2.75) is 24.2 Å². The molecule has 1 aliphatic heterocycles. The highest BCUT2D eigenvalue weighted by atomic mass is 32.2. The number of primary sulfonamides is 1. The van der Waals surface area contributed by atoms with E-state index in [0.717, 1.165) is 37.3 Å². The molecule has 138 valence electrons. The van der Waals surface area contributed by atoms with Crippen molar-refractivity contribution in [2.24, 2.45) is 5.14 Å². The zero-order valence-electron chi connectivity index (χ0n) is 14.3. The summed E-state index contributed by atoms with van der Waals surface area (Å²) in [5.74, 6) is 0.514. The molecule has 0 unspecified atom stereocenters. The second-order valence-corrected chi connectivity index (χ2v) is 7.73. The van der Waals surface area contributed by atoms with Crippen molar-refractivity contribution in [2.75, 3.05) is 24.5 Å². The van der Waals surface area contributed by atoms with Crippen LogP contribution in [0.1, 0.15) is 28.9 Å². The first kappa shape index (κ1) is 18.3. The number of hydrogen-bond acceptors (Lipinski definition) is 6. The molecule has 3 rings (SSSR count). The van der Waals surface area contributed by atoms with Crippen molar-refractivity contribution >= 4 is 21.7 Å². The smallest absolute Gasteiger partial charge is 0.271 e. The molecule has 9 heteroatoms. The van der Waals surface area contributed by atoms with Crippen molar-refractivity contribution in [1.82, 2.24) is 15.5 Å². The van der Waals surface area contributed by atoms with Crippen molar-refractivity contribution in [3.05, 3.63) is 47.7 Å². The Balaban J connectivity index is 1.50. The normalized spacial score (nSPS) is 14.4. The molecule has 0 saturated carbocycles. The van der Waals surface area contributed by atoms with Gasteiger partial charge in [0.05, 0.1) is 4.90 Å². The van der Waals surface area contributed by atoms with Crippen LogP contribution in [-0.2, 0) is 16.4 Å². The summed E-state index contributed by atoms with van der Waals surface area (Å²) in [6.45, 7) is 2.36. The monoisotopic (exact) mass is 375 g/mol. The largest absolute Gasteiger partial charge is 0.355 e. The van der Waals surface area contributed by atoms with Gasteiger partial charge in [0.2, 0.25) is 10.0 Å². The Bertz CT molecular complexity index is 860. The van der Waals surface area contributed by atoms with E-state index in [-0.39, 0.29) is 16.5 Å². The minimum atomic E-state index is -3.69. The number of anilines is 1. The van der Waals surface area contributed by atoms with Crippen LogP contribution in [0.25, 0.3) is 0 Å². The lowest BCUT2D eigenvalue weighted by molar-refractivity contribution is 0.0948. The molecule has 0 radical (unpaired) electrons. The highest BCUT2D eigenvalue weighted by molar-refractivity contribution is 7.89. The fourth-order valence-corrected chi connectivity index (χ4v) is 3.33. The fraction of sp³-hybridized carbons (Fsp3) is 0.353. The number of carbonyl (C=O) groups is 1. The van der Waals surface area contributed by atoms with Gasteiger partial charge in [-0.2, -0.15) is 0 Å². The Labute approximate surface area is 152 Å². The van der Waals surface area contributed by atoms with E-state index in [1.165, 1.54) is 12.1 Å². The van der Waals surface area contributed by atoms with Crippen LogP contribution < -0.4 is 15.4 Å². The average Bonchev–Trinajstić information content (AvgIpc) is 3.16. The molecule has 2 aromatic rings. The first-order chi connectivity index (χ1) is 12.4. The highest BCUT2D eigenvalue weighted by Gasteiger charge is 2.15. The molecule has 0 aliphatic carbocycles. The van der Waals surface area contributed by atoms with Gasteiger partial charge < -0.3 is 10.2 Å². The van der Waals surface area contributed by atoms with E-state index in [2.05, 4.69) is 20.4 Å². The molecule has 1 fully saturated rings. The van der Waals surface area contributed by atoms with Gasteiger partial charge in [0.1, 0.15) is 0 Å². The van der Waals surface area contributed by atoms with Crippen molar-refractivity contribution < 1.29 is 13.2 Å². The lowest BCUT2D eigenvalue weighted by Crippen LogP contribution is -2.27. The van der Waals surface area contributed by atoms with Crippen LogP contribution in [0.5, 0.6) is 0 Å². The molecule has 8 nitrogen and oxygen atoms in total. The molecule has 1 amide bonds. The number of nitrogens with two attached hydrogens (primary N) is 1. The van der Waals surface area contributed by atoms with Gasteiger partial charge in [0.25, 0.3) is 5.91 Å². The fourth-order valence-electron chi connectivity index (χ4n) is 2.82. The molecule has 1 aromatic heterocycles. The van der Waals surface area contributed by atoms with Crippen molar-refractivity contribution in [3.8, 4) is 0 Å². The SMILES string of the molecule is NS(=O)(=O)c1ccc(CCNC(=O)c2ccc(N3CCCC3)nn2)cc1. The molecular formula is C17H21N5O3S. The van der Waals surface area contributed by atoms with Gasteiger partial charge in [0, 0.05) is 19.6 Å². The van der Waals surface area contributed by atoms with Crippen LogP contribution in [0.4, 0.5) is 5.82 Å². The third-order valence-electron chi connectivity index (χ3n) is 4.26. The maximum Gasteiger partial charge on any atom is 0.271 e. The Kier molecular flexibility index (Phi) is 5.48. The van der Waals surface area contributed by atoms with Gasteiger partial charge >= 0.3 is 0 Å². The molecule has 1 saturated heterocycles. The van der Waals surface area contributed by atoms with E-state index in [1.807, 2.05) is 6.07 Å². The Morgan fingerprint density at radius 3 is 2.35 bits per heavy atom. The summed E-state index contributed by atoms with van der Waals surface area (Å²) in [6, 6.07) is 9.76. The van der Waals surface area contributed by atoms with Crippen LogP contribution in [-0.4, -0.2) is 44.2 Å². The molecule has 0 spiro atoms. The van der Waals surface area contributed by atoms with Gasteiger partial charge in [-0.25, -0.2) is 13.6 Å². The molecule has 0 atom stereocenters. The van der Waals surface area contributed by atoms with Crippen LogP contribution in [0.15, 0.2) is 41.3 Å². The van der Waals surface area contributed by atoms with E-state index in [0.29, 0.717) is 13.0 Å². The standard InChI is InChI=1S/C17H21N5O3S/c18-26(24,25)14-5-3-13(4-6-14)9-10-19-17(23)15-7-8-16(21-20-15)22-11-1-2-12-22/h3-8H,1-2,9-12H2,(H,19,23)(H2,18,24,25). The van der Waals surface area contributed by atoms with Crippen LogP contribution in [0.2, 0.25) is 0 Å². The summed E-state index contributed by atoms with van der Waals surface area (Å²) in [5, 5.41) is 16.0. The summed E-state index contributed by atoms with van der Waals surface area (Å²) in [7, 11) is -3.69. The van der Waals surface area contributed by atoms with E-state index >= 15 is 0 Å². The predicted octanol–water partition coefficient (Wildman–Crippen LogP) is 0.697. The number of benzene rings is 1. The molecule has 3 N–H and O–H groups in total. The maximum atomic E-state index is 12.1. The number of amides is 1. The average molecular weight is 375 g/mol. The van der Waals surface area contributed by atoms with Crippen molar-refractivity contribution in [3.63, 3.8) is 0 Å². The second-order valence-electron chi connectivity index (χ2n) is 6.17. The number of nitrogens with zero attached hydrogens (tertiary/aromatic N) is 3. The molecular weight excluding hydrogens is 354 g/mol. The molecule has 0 bridgehead atoms. The maximum absolute atomic E-state index is 12.1. The van der Waals surface area contributed by atoms with Crippen LogP contribution >= 0.6 is 0 Å². The van der Waals surface area contributed by atoms with Crippen LogP contribution in [0, 0.1) is 0 Å². The first-order valence-electron chi connectivity index (χ1n) is 8.42. The van der Waals surface area contributed by atoms with Crippen LogP contribution in [0.3, 0.4) is 0 Å². The lowest BCUT2D eigenvalue weighted by Gasteiger charge is -2.15. The summed E-state index contributed by atoms with van der Waals surface area (Å²) in [4.78, 5) is 14.4. The summed E-state index contributed by atoms with van der Waals surface area (Å²) in [6.07, 6.45) is 2.88. The number of nitrogens with one attached hydrogen (secondary N) is 1. The zero-order chi connectivity index (χ0) is 18.6. The third-order valence-corrected chi connectivity index (χ3v) is 5.19. The zero-order valence-corrected chi connectivity index (χ0v) is 15.1. The molecule has 26 heavy (non-hydrogen) atoms. The quantitative estimate of drug-likeness (QED) is 0.767. The van der Waals surface area contributed by atoms with E-state index in [9.17, 15) is 13.2 Å². The van der Waals surface area contributed by atoms with Gasteiger partial charge in [-0.05, 0) is 49.1 Å². The first-order valence-corrected chi connectivity index (χ1v) is 9.97.